The van der Waals surface area contributed by atoms with Gasteiger partial charge in [-0.15, -0.1) is 11.6 Å². The van der Waals surface area contributed by atoms with E-state index in [-0.39, 0.29) is 16.0 Å². The lowest BCUT2D eigenvalue weighted by Gasteiger charge is -2.05. The van der Waals surface area contributed by atoms with Crippen molar-refractivity contribution in [2.45, 2.75) is 12.3 Å². The van der Waals surface area contributed by atoms with Crippen molar-refractivity contribution in [1.82, 2.24) is 4.98 Å². The fourth-order valence-corrected chi connectivity index (χ4v) is 1.75. The summed E-state index contributed by atoms with van der Waals surface area (Å²) in [5.74, 6) is 0. The highest BCUT2D eigenvalue weighted by Gasteiger charge is 2.04. The number of hydrogen-bond donors (Lipinski definition) is 1. The number of rotatable bonds is 1. The molecule has 0 spiro atoms. The number of aromatic nitrogens is 1. The normalized spacial score (nSPS) is 13.0. The lowest BCUT2D eigenvalue weighted by Crippen LogP contribution is -2.05. The van der Waals surface area contributed by atoms with Crippen LogP contribution in [0.2, 0.25) is 5.02 Å². The maximum Gasteiger partial charge on any atom is 0.267 e. The van der Waals surface area contributed by atoms with E-state index in [4.69, 9.17) is 23.2 Å². The molecule has 1 heterocycles. The average molecular weight is 242 g/mol. The number of fused-ring (bicyclic) bond motifs is 1. The Morgan fingerprint density at radius 3 is 2.73 bits per heavy atom. The van der Waals surface area contributed by atoms with E-state index in [1.54, 1.807) is 6.07 Å². The van der Waals surface area contributed by atoms with E-state index in [0.717, 1.165) is 16.5 Å². The molecule has 1 N–H and O–H groups in total. The number of benzene rings is 1. The summed E-state index contributed by atoms with van der Waals surface area (Å²) in [6, 6.07) is 7.30. The lowest BCUT2D eigenvalue weighted by molar-refractivity contribution is 1.09. The summed E-state index contributed by atoms with van der Waals surface area (Å²) in [6.07, 6.45) is 0. The van der Waals surface area contributed by atoms with Crippen molar-refractivity contribution in [1.29, 1.82) is 0 Å². The molecule has 2 rings (SSSR count). The molecule has 1 aromatic carbocycles. The van der Waals surface area contributed by atoms with Crippen molar-refractivity contribution in [2.75, 3.05) is 0 Å². The molecule has 2 nitrogen and oxygen atoms in total. The van der Waals surface area contributed by atoms with Crippen LogP contribution < -0.4 is 5.56 Å². The molecule has 0 aliphatic carbocycles. The van der Waals surface area contributed by atoms with Crippen LogP contribution in [-0.4, -0.2) is 4.98 Å². The molecule has 0 radical (unpaired) electrons. The molecule has 0 aliphatic heterocycles. The first-order valence-electron chi connectivity index (χ1n) is 4.54. The lowest BCUT2D eigenvalue weighted by atomic mass is 10.1. The maximum atomic E-state index is 11.2. The number of alkyl halides is 1. The molecule has 1 unspecified atom stereocenters. The van der Waals surface area contributed by atoms with Crippen LogP contribution in [0, 0.1) is 0 Å². The fraction of sp³-hybridized carbons (Fsp3) is 0.182. The van der Waals surface area contributed by atoms with Crippen molar-refractivity contribution in [3.8, 4) is 0 Å². The van der Waals surface area contributed by atoms with Gasteiger partial charge in [0.25, 0.3) is 5.56 Å². The predicted molar refractivity (Wildman–Crippen MR) is 63.8 cm³/mol. The highest BCUT2D eigenvalue weighted by atomic mass is 35.5. The van der Waals surface area contributed by atoms with Crippen LogP contribution in [0.4, 0.5) is 0 Å². The molecule has 0 amide bonds. The van der Waals surface area contributed by atoms with Gasteiger partial charge in [0.2, 0.25) is 0 Å². The largest absolute Gasteiger partial charge is 0.321 e. The summed E-state index contributed by atoms with van der Waals surface area (Å²) < 4.78 is 0. The van der Waals surface area contributed by atoms with Crippen LogP contribution in [0.5, 0.6) is 0 Å². The highest BCUT2D eigenvalue weighted by Crippen LogP contribution is 2.23. The SMILES string of the molecule is CC(Cl)c1ccc2[nH]c(=O)c(Cl)cc2c1. The first-order chi connectivity index (χ1) is 7.08. The number of aromatic amines is 1. The molecule has 0 saturated heterocycles. The Kier molecular flexibility index (Phi) is 2.72. The second kappa shape index (κ2) is 3.87. The van der Waals surface area contributed by atoms with E-state index in [2.05, 4.69) is 4.98 Å². The minimum Gasteiger partial charge on any atom is -0.321 e. The van der Waals surface area contributed by atoms with E-state index in [0.29, 0.717) is 0 Å². The van der Waals surface area contributed by atoms with Crippen LogP contribution >= 0.6 is 23.2 Å². The molecular formula is C11H9Cl2NO. The molecule has 0 aliphatic rings. The minimum absolute atomic E-state index is 0.0555. The van der Waals surface area contributed by atoms with Gasteiger partial charge in [-0.1, -0.05) is 17.7 Å². The topological polar surface area (TPSA) is 32.9 Å². The minimum atomic E-state index is -0.268. The Labute approximate surface area is 96.8 Å². The van der Waals surface area contributed by atoms with Gasteiger partial charge in [0.1, 0.15) is 5.02 Å². The van der Waals surface area contributed by atoms with Crippen molar-refractivity contribution < 1.29 is 0 Å². The second-order valence-corrected chi connectivity index (χ2v) is 4.47. The molecular weight excluding hydrogens is 233 g/mol. The molecule has 1 aromatic heterocycles. The average Bonchev–Trinajstić information content (AvgIpc) is 2.19. The number of pyridine rings is 1. The molecule has 4 heteroatoms. The molecule has 2 aromatic rings. The first kappa shape index (κ1) is 10.5. The summed E-state index contributed by atoms with van der Waals surface area (Å²) in [5.41, 5.74) is 1.51. The summed E-state index contributed by atoms with van der Waals surface area (Å²) >= 11 is 11.7. The van der Waals surface area contributed by atoms with Gasteiger partial charge in [0, 0.05) is 10.9 Å². The van der Waals surface area contributed by atoms with Crippen LogP contribution in [0.1, 0.15) is 17.9 Å². The zero-order chi connectivity index (χ0) is 11.0. The second-order valence-electron chi connectivity index (χ2n) is 3.41. The third-order valence-corrected chi connectivity index (χ3v) is 2.82. The van der Waals surface area contributed by atoms with Gasteiger partial charge in [0.05, 0.1) is 5.38 Å². The summed E-state index contributed by atoms with van der Waals surface area (Å²) in [7, 11) is 0. The van der Waals surface area contributed by atoms with Gasteiger partial charge >= 0.3 is 0 Å². The van der Waals surface area contributed by atoms with E-state index in [1.165, 1.54) is 0 Å². The van der Waals surface area contributed by atoms with E-state index >= 15 is 0 Å². The van der Waals surface area contributed by atoms with Gasteiger partial charge in [-0.25, -0.2) is 0 Å². The van der Waals surface area contributed by atoms with Crippen molar-refractivity contribution in [3.63, 3.8) is 0 Å². The van der Waals surface area contributed by atoms with Crippen molar-refractivity contribution >= 4 is 34.1 Å². The Morgan fingerprint density at radius 1 is 1.33 bits per heavy atom. The van der Waals surface area contributed by atoms with Crippen LogP contribution in [0.3, 0.4) is 0 Å². The third kappa shape index (κ3) is 2.01. The van der Waals surface area contributed by atoms with Crippen molar-refractivity contribution in [2.24, 2.45) is 0 Å². The van der Waals surface area contributed by atoms with Crippen LogP contribution in [-0.2, 0) is 0 Å². The number of halogens is 2. The summed E-state index contributed by atoms with van der Waals surface area (Å²) in [5, 5.41) is 1.03. The number of H-pyrrole nitrogens is 1. The summed E-state index contributed by atoms with van der Waals surface area (Å²) in [4.78, 5) is 13.9. The monoisotopic (exact) mass is 241 g/mol. The third-order valence-electron chi connectivity index (χ3n) is 2.28. The number of nitrogens with one attached hydrogen (secondary N) is 1. The molecule has 15 heavy (non-hydrogen) atoms. The Bertz CT molecular complexity index is 560. The van der Waals surface area contributed by atoms with Gasteiger partial charge < -0.3 is 4.98 Å². The number of hydrogen-bond acceptors (Lipinski definition) is 1. The van der Waals surface area contributed by atoms with Crippen LogP contribution in [0.25, 0.3) is 10.9 Å². The predicted octanol–water partition coefficient (Wildman–Crippen LogP) is 3.48. The molecule has 0 saturated carbocycles. The quantitative estimate of drug-likeness (QED) is 0.763. The van der Waals surface area contributed by atoms with Gasteiger partial charge in [-0.2, -0.15) is 0 Å². The van der Waals surface area contributed by atoms with Gasteiger partial charge in [0.15, 0.2) is 0 Å². The van der Waals surface area contributed by atoms with Gasteiger partial charge in [-0.3, -0.25) is 4.79 Å². The van der Waals surface area contributed by atoms with E-state index < -0.39 is 0 Å². The molecule has 1 atom stereocenters. The maximum absolute atomic E-state index is 11.2. The first-order valence-corrected chi connectivity index (χ1v) is 5.36. The fourth-order valence-electron chi connectivity index (χ4n) is 1.45. The van der Waals surface area contributed by atoms with Crippen LogP contribution in [0.15, 0.2) is 29.1 Å². The Hall–Kier alpha value is -0.990. The molecule has 78 valence electrons. The Morgan fingerprint density at radius 2 is 2.07 bits per heavy atom. The van der Waals surface area contributed by atoms with Crippen molar-refractivity contribution in [3.05, 3.63) is 45.2 Å². The smallest absolute Gasteiger partial charge is 0.267 e. The summed E-state index contributed by atoms with van der Waals surface area (Å²) in [6.45, 7) is 1.90. The van der Waals surface area contributed by atoms with E-state index in [9.17, 15) is 4.79 Å². The highest BCUT2D eigenvalue weighted by molar-refractivity contribution is 6.31. The molecule has 0 fully saturated rings. The zero-order valence-corrected chi connectivity index (χ0v) is 9.56. The van der Waals surface area contributed by atoms with E-state index in [1.807, 2.05) is 25.1 Å². The Balaban J connectivity index is 2.72. The zero-order valence-electron chi connectivity index (χ0n) is 8.05. The van der Waals surface area contributed by atoms with Gasteiger partial charge in [-0.05, 0) is 30.7 Å². The standard InChI is InChI=1S/C11H9Cl2NO/c1-6(12)7-2-3-10-8(4-7)5-9(13)11(15)14-10/h2-6H,1H3,(H,14,15). The molecule has 0 bridgehead atoms.